The van der Waals surface area contributed by atoms with Gasteiger partial charge in [0.05, 0.1) is 0 Å². The van der Waals surface area contributed by atoms with Crippen molar-refractivity contribution in [1.29, 1.82) is 0 Å². The van der Waals surface area contributed by atoms with Crippen LogP contribution in [0.2, 0.25) is 0 Å². The second-order valence-corrected chi connectivity index (χ2v) is 5.62. The molecule has 0 aromatic carbocycles. The van der Waals surface area contributed by atoms with Crippen molar-refractivity contribution in [3.63, 3.8) is 0 Å². The van der Waals surface area contributed by atoms with Crippen LogP contribution in [0.3, 0.4) is 0 Å². The van der Waals surface area contributed by atoms with Gasteiger partial charge in [0.1, 0.15) is 16.7 Å². The first kappa shape index (κ1) is 22.1. The molecular formula is C12H19NaO6S. The van der Waals surface area contributed by atoms with Crippen LogP contribution in [0.4, 0.5) is 0 Å². The first-order valence-corrected chi connectivity index (χ1v) is 7.20. The van der Waals surface area contributed by atoms with Gasteiger partial charge in [-0.1, -0.05) is 11.6 Å². The van der Waals surface area contributed by atoms with Crippen LogP contribution in [0.5, 0.6) is 0 Å². The van der Waals surface area contributed by atoms with Gasteiger partial charge in [-0.3, -0.25) is 4.79 Å². The third kappa shape index (κ3) is 10.6. The summed E-state index contributed by atoms with van der Waals surface area (Å²) in [5.74, 6) is -0.358. The first-order chi connectivity index (χ1) is 8.64. The zero-order valence-corrected chi connectivity index (χ0v) is 15.1. The van der Waals surface area contributed by atoms with Gasteiger partial charge in [0.2, 0.25) is 0 Å². The molecule has 1 unspecified atom stereocenters. The van der Waals surface area contributed by atoms with Crippen molar-refractivity contribution in [2.75, 3.05) is 6.61 Å². The Morgan fingerprint density at radius 3 is 2.30 bits per heavy atom. The summed E-state index contributed by atoms with van der Waals surface area (Å²) >= 11 is 0. The number of aliphatic hydroxyl groups excluding tert-OH is 1. The third-order valence-corrected chi connectivity index (χ3v) is 3.31. The second-order valence-electron chi connectivity index (χ2n) is 4.19. The van der Waals surface area contributed by atoms with Gasteiger partial charge in [-0.2, -0.15) is 0 Å². The molecule has 0 saturated carbocycles. The van der Waals surface area contributed by atoms with Crippen LogP contribution in [0.1, 0.15) is 33.6 Å². The molecule has 1 atom stereocenters. The Hall–Kier alpha value is -0.180. The summed E-state index contributed by atoms with van der Waals surface area (Å²) in [6.07, 6.45) is 4.35. The van der Waals surface area contributed by atoms with Gasteiger partial charge in [-0.15, -0.1) is 0 Å². The molecule has 0 rings (SSSR count). The number of rotatable bonds is 7. The summed E-state index contributed by atoms with van der Waals surface area (Å²) < 4.78 is 36.4. The molecule has 0 aliphatic rings. The number of allylic oxidation sites excluding steroid dienone is 2. The fourth-order valence-corrected chi connectivity index (χ4v) is 1.81. The summed E-state index contributed by atoms with van der Waals surface area (Å²) in [5.41, 5.74) is -0.912. The summed E-state index contributed by atoms with van der Waals surface area (Å²) in [7, 11) is -4.71. The van der Waals surface area contributed by atoms with Crippen molar-refractivity contribution in [1.82, 2.24) is 0 Å². The van der Waals surface area contributed by atoms with Crippen LogP contribution < -0.4 is 29.6 Å². The maximum atomic E-state index is 10.6. The normalized spacial score (nSPS) is 14.4. The molecule has 0 aliphatic carbocycles. The van der Waals surface area contributed by atoms with Crippen molar-refractivity contribution in [2.45, 2.75) is 39.0 Å². The van der Waals surface area contributed by atoms with Gasteiger partial charge in [0, 0.05) is 6.92 Å². The van der Waals surface area contributed by atoms with Crippen LogP contribution in [-0.4, -0.2) is 36.1 Å². The molecule has 0 fully saturated rings. The Kier molecular flexibility index (Phi) is 11.6. The smallest absolute Gasteiger partial charge is 0.746 e. The zero-order valence-electron chi connectivity index (χ0n) is 12.3. The third-order valence-electron chi connectivity index (χ3n) is 2.39. The molecule has 0 saturated heterocycles. The van der Waals surface area contributed by atoms with Crippen molar-refractivity contribution < 1.29 is 57.2 Å². The number of carbonyl (C=O) groups excluding carboxylic acids is 1. The van der Waals surface area contributed by atoms with E-state index in [0.29, 0.717) is 12.8 Å². The molecule has 0 amide bonds. The van der Waals surface area contributed by atoms with E-state index in [0.717, 1.165) is 5.57 Å². The molecule has 0 aliphatic heterocycles. The van der Waals surface area contributed by atoms with Crippen LogP contribution in [0.25, 0.3) is 0 Å². The number of hydrogen-bond donors (Lipinski definition) is 1. The Bertz CT molecular complexity index is 466. The Labute approximate surface area is 141 Å². The van der Waals surface area contributed by atoms with Gasteiger partial charge >= 0.3 is 35.5 Å². The molecule has 0 heterocycles. The molecule has 0 radical (unpaired) electrons. The topological polar surface area (TPSA) is 104 Å². The molecular weight excluding hydrogens is 295 g/mol. The minimum atomic E-state index is -4.71. The van der Waals surface area contributed by atoms with E-state index in [1.807, 2.05) is 6.92 Å². The molecule has 0 aromatic rings. The van der Waals surface area contributed by atoms with E-state index in [9.17, 15) is 22.9 Å². The van der Waals surface area contributed by atoms with E-state index >= 15 is 0 Å². The number of hydrogen-bond acceptors (Lipinski definition) is 6. The van der Waals surface area contributed by atoms with Crippen LogP contribution >= 0.6 is 0 Å². The van der Waals surface area contributed by atoms with Gasteiger partial charge in [-0.25, -0.2) is 8.42 Å². The first-order valence-electron chi connectivity index (χ1n) is 5.73. The Balaban J connectivity index is 0. The van der Waals surface area contributed by atoms with Crippen LogP contribution in [0, 0.1) is 0 Å². The second kappa shape index (κ2) is 10.5. The van der Waals surface area contributed by atoms with E-state index in [2.05, 4.69) is 0 Å². The van der Waals surface area contributed by atoms with Crippen molar-refractivity contribution in [2.24, 2.45) is 0 Å². The number of aliphatic hydroxyl groups is 1. The molecule has 0 spiro atoms. The van der Waals surface area contributed by atoms with Crippen molar-refractivity contribution >= 4 is 16.1 Å². The Morgan fingerprint density at radius 1 is 1.30 bits per heavy atom. The fourth-order valence-electron chi connectivity index (χ4n) is 1.26. The minimum absolute atomic E-state index is 0. The minimum Gasteiger partial charge on any atom is -0.746 e. The van der Waals surface area contributed by atoms with E-state index in [1.54, 1.807) is 6.08 Å². The Morgan fingerprint density at radius 2 is 1.85 bits per heavy atom. The summed E-state index contributed by atoms with van der Waals surface area (Å²) in [5, 5.41) is 9.18. The molecule has 110 valence electrons. The fraction of sp³-hybridized carbons (Fsp3) is 0.583. The van der Waals surface area contributed by atoms with Gasteiger partial charge in [-0.05, 0) is 38.3 Å². The SMILES string of the molecule is CC(=O)OCC=C(C)CCC=C(C)C(O)S(=O)(=O)[O-].[Na+]. The standard InChI is InChI=1S/C12H20O6S.Na/c1-9(7-8-18-11(3)13)5-4-6-10(2)12(14)19(15,16)17;/h6-7,12,14H,4-5,8H2,1-3H3,(H,15,16,17);/q;+1/p-1. The van der Waals surface area contributed by atoms with Crippen molar-refractivity contribution in [3.05, 3.63) is 23.3 Å². The molecule has 1 N–H and O–H groups in total. The maximum absolute atomic E-state index is 10.6. The predicted molar refractivity (Wildman–Crippen MR) is 69.1 cm³/mol. The molecule has 0 aromatic heterocycles. The van der Waals surface area contributed by atoms with Crippen LogP contribution in [-0.2, 0) is 19.6 Å². The monoisotopic (exact) mass is 314 g/mol. The van der Waals surface area contributed by atoms with E-state index in [1.165, 1.54) is 19.9 Å². The van der Waals surface area contributed by atoms with E-state index < -0.39 is 15.6 Å². The number of carbonyl (C=O) groups is 1. The largest absolute Gasteiger partial charge is 1.00 e. The molecule has 8 heteroatoms. The van der Waals surface area contributed by atoms with Gasteiger partial charge in [0.25, 0.3) is 0 Å². The van der Waals surface area contributed by atoms with Gasteiger partial charge in [0.15, 0.2) is 5.44 Å². The number of esters is 1. The summed E-state index contributed by atoms with van der Waals surface area (Å²) in [6.45, 7) is 4.74. The average Bonchev–Trinajstić information content (AvgIpc) is 2.26. The molecule has 20 heavy (non-hydrogen) atoms. The van der Waals surface area contributed by atoms with Gasteiger partial charge < -0.3 is 14.4 Å². The maximum Gasteiger partial charge on any atom is 1.00 e. The van der Waals surface area contributed by atoms with Crippen molar-refractivity contribution in [3.8, 4) is 0 Å². The van der Waals surface area contributed by atoms with Crippen LogP contribution in [0.15, 0.2) is 23.3 Å². The summed E-state index contributed by atoms with van der Waals surface area (Å²) in [4.78, 5) is 10.5. The predicted octanol–water partition coefficient (Wildman–Crippen LogP) is -1.91. The quantitative estimate of drug-likeness (QED) is 0.254. The molecule has 6 nitrogen and oxygen atoms in total. The molecule has 0 bridgehead atoms. The average molecular weight is 314 g/mol. The van der Waals surface area contributed by atoms with E-state index in [4.69, 9.17) is 4.74 Å². The number of ether oxygens (including phenoxy) is 1. The summed E-state index contributed by atoms with van der Waals surface area (Å²) in [6, 6.07) is 0. The van der Waals surface area contributed by atoms with E-state index in [-0.39, 0.29) is 47.7 Å². The zero-order chi connectivity index (χ0) is 15.1.